The lowest BCUT2D eigenvalue weighted by Gasteiger charge is -2.37. The van der Waals surface area contributed by atoms with E-state index in [0.717, 1.165) is 18.9 Å². The first kappa shape index (κ1) is 14.4. The quantitative estimate of drug-likeness (QED) is 0.905. The number of rotatable bonds is 3. The van der Waals surface area contributed by atoms with Gasteiger partial charge in [0.25, 0.3) is 0 Å². The van der Waals surface area contributed by atoms with Gasteiger partial charge in [0.15, 0.2) is 0 Å². The summed E-state index contributed by atoms with van der Waals surface area (Å²) in [4.78, 5) is 0. The van der Waals surface area contributed by atoms with Crippen LogP contribution in [0.4, 0.5) is 8.78 Å². The van der Waals surface area contributed by atoms with E-state index < -0.39 is 11.6 Å². The van der Waals surface area contributed by atoms with Gasteiger partial charge in [-0.1, -0.05) is 6.07 Å². The summed E-state index contributed by atoms with van der Waals surface area (Å²) in [6.45, 7) is 6.73. The summed E-state index contributed by atoms with van der Waals surface area (Å²) >= 11 is 0. The van der Waals surface area contributed by atoms with Crippen LogP contribution in [0, 0.1) is 11.6 Å². The number of hydrogen-bond acceptors (Lipinski definition) is 2. The fourth-order valence-corrected chi connectivity index (χ4v) is 2.67. The van der Waals surface area contributed by atoms with E-state index >= 15 is 0 Å². The molecule has 1 aromatic rings. The van der Waals surface area contributed by atoms with Gasteiger partial charge < -0.3 is 10.1 Å². The van der Waals surface area contributed by atoms with Crippen molar-refractivity contribution >= 4 is 0 Å². The predicted molar refractivity (Wildman–Crippen MR) is 71.0 cm³/mol. The summed E-state index contributed by atoms with van der Waals surface area (Å²) in [5.74, 6) is -1.04. The fraction of sp³-hybridized carbons (Fsp3) is 0.600. The Morgan fingerprint density at radius 2 is 2.11 bits per heavy atom. The van der Waals surface area contributed by atoms with Gasteiger partial charge in [0, 0.05) is 30.3 Å². The number of nitrogens with one attached hydrogen (secondary N) is 1. The minimum absolute atomic E-state index is 0.139. The number of ether oxygens (including phenoxy) is 1. The van der Waals surface area contributed by atoms with Gasteiger partial charge in [0.05, 0.1) is 5.60 Å². The molecule has 0 aliphatic carbocycles. The Balaban J connectivity index is 2.02. The smallest absolute Gasteiger partial charge is 0.130 e. The predicted octanol–water partition coefficient (Wildman–Crippen LogP) is 3.57. The Labute approximate surface area is 113 Å². The van der Waals surface area contributed by atoms with Crippen LogP contribution in [0.1, 0.15) is 45.2 Å². The zero-order valence-electron chi connectivity index (χ0n) is 11.7. The van der Waals surface area contributed by atoms with Crippen LogP contribution < -0.4 is 5.32 Å². The summed E-state index contributed by atoms with van der Waals surface area (Å²) < 4.78 is 32.3. The molecule has 1 heterocycles. The van der Waals surface area contributed by atoms with Crippen LogP contribution in [-0.2, 0) is 4.74 Å². The molecule has 2 nitrogen and oxygen atoms in total. The first-order valence-electron chi connectivity index (χ1n) is 6.72. The van der Waals surface area contributed by atoms with Crippen LogP contribution in [0.2, 0.25) is 0 Å². The monoisotopic (exact) mass is 269 g/mol. The molecule has 0 aromatic heterocycles. The van der Waals surface area contributed by atoms with E-state index in [1.165, 1.54) is 12.1 Å². The second-order valence-corrected chi connectivity index (χ2v) is 5.85. The number of halogens is 2. The molecule has 1 saturated heterocycles. The number of hydrogen-bond donors (Lipinski definition) is 1. The minimum atomic E-state index is -0.541. The van der Waals surface area contributed by atoms with Crippen molar-refractivity contribution in [3.8, 4) is 0 Å². The average Bonchev–Trinajstić information content (AvgIpc) is 2.27. The molecule has 1 aliphatic heterocycles. The largest absolute Gasteiger partial charge is 0.375 e. The van der Waals surface area contributed by atoms with E-state index in [4.69, 9.17) is 4.74 Å². The lowest BCUT2D eigenvalue weighted by atomic mass is 9.93. The molecular formula is C15H21F2NO. The molecule has 19 heavy (non-hydrogen) atoms. The maximum Gasteiger partial charge on any atom is 0.130 e. The molecule has 1 aliphatic rings. The lowest BCUT2D eigenvalue weighted by molar-refractivity contribution is -0.0640. The molecule has 2 unspecified atom stereocenters. The normalized spacial score (nSPS) is 24.2. The highest BCUT2D eigenvalue weighted by Gasteiger charge is 2.29. The van der Waals surface area contributed by atoms with E-state index in [1.54, 1.807) is 0 Å². The third-order valence-electron chi connectivity index (χ3n) is 3.61. The van der Waals surface area contributed by atoms with Crippen LogP contribution in [-0.4, -0.2) is 18.2 Å². The summed E-state index contributed by atoms with van der Waals surface area (Å²) in [5, 5.41) is 3.41. The van der Waals surface area contributed by atoms with Crippen molar-refractivity contribution in [2.45, 2.75) is 51.3 Å². The van der Waals surface area contributed by atoms with Crippen LogP contribution in [0.3, 0.4) is 0 Å². The molecule has 106 valence electrons. The molecule has 1 fully saturated rings. The van der Waals surface area contributed by atoms with Crippen LogP contribution in [0.25, 0.3) is 0 Å². The van der Waals surface area contributed by atoms with Gasteiger partial charge in [-0.15, -0.1) is 0 Å². The van der Waals surface area contributed by atoms with Crippen molar-refractivity contribution < 1.29 is 13.5 Å². The van der Waals surface area contributed by atoms with Gasteiger partial charge in [0.2, 0.25) is 0 Å². The number of benzene rings is 1. The second-order valence-electron chi connectivity index (χ2n) is 5.85. The molecular weight excluding hydrogens is 248 g/mol. The highest BCUT2D eigenvalue weighted by atomic mass is 19.1. The van der Waals surface area contributed by atoms with E-state index in [1.807, 2.05) is 6.92 Å². The van der Waals surface area contributed by atoms with Gasteiger partial charge in [-0.25, -0.2) is 8.78 Å². The minimum Gasteiger partial charge on any atom is -0.375 e. The molecule has 0 saturated carbocycles. The van der Waals surface area contributed by atoms with Crippen LogP contribution in [0.15, 0.2) is 18.2 Å². The van der Waals surface area contributed by atoms with Crippen molar-refractivity contribution in [3.63, 3.8) is 0 Å². The molecule has 2 atom stereocenters. The summed E-state index contributed by atoms with van der Waals surface area (Å²) in [6.07, 6.45) is 1.80. The first-order valence-corrected chi connectivity index (χ1v) is 6.72. The third-order valence-corrected chi connectivity index (χ3v) is 3.61. The van der Waals surface area contributed by atoms with Gasteiger partial charge in [-0.2, -0.15) is 0 Å². The van der Waals surface area contributed by atoms with Crippen molar-refractivity contribution in [3.05, 3.63) is 35.4 Å². The maximum atomic E-state index is 13.7. The van der Waals surface area contributed by atoms with Crippen molar-refractivity contribution in [2.24, 2.45) is 0 Å². The van der Waals surface area contributed by atoms with Crippen LogP contribution >= 0.6 is 0 Å². The zero-order chi connectivity index (χ0) is 14.0. The molecule has 0 bridgehead atoms. The van der Waals surface area contributed by atoms with E-state index in [0.29, 0.717) is 18.2 Å². The highest BCUT2D eigenvalue weighted by molar-refractivity contribution is 5.21. The second kappa shape index (κ2) is 5.55. The maximum absolute atomic E-state index is 13.7. The Bertz CT molecular complexity index is 448. The average molecular weight is 269 g/mol. The summed E-state index contributed by atoms with van der Waals surface area (Å²) in [6, 6.07) is 3.89. The molecule has 0 spiro atoms. The molecule has 1 aromatic carbocycles. The van der Waals surface area contributed by atoms with Crippen molar-refractivity contribution in [1.29, 1.82) is 0 Å². The van der Waals surface area contributed by atoms with Crippen molar-refractivity contribution in [1.82, 2.24) is 5.32 Å². The van der Waals surface area contributed by atoms with E-state index in [-0.39, 0.29) is 11.6 Å². The molecule has 0 amide bonds. The van der Waals surface area contributed by atoms with Gasteiger partial charge in [-0.05, 0) is 39.7 Å². The Morgan fingerprint density at radius 3 is 2.74 bits per heavy atom. The van der Waals surface area contributed by atoms with E-state index in [2.05, 4.69) is 19.2 Å². The zero-order valence-corrected chi connectivity index (χ0v) is 11.7. The standard InChI is InChI=1S/C15H21F2NO/c1-10(13-5-4-11(16)8-14(13)17)18-12-6-7-19-15(2,3)9-12/h4-5,8,10,12,18H,6-7,9H2,1-3H3. The first-order chi connectivity index (χ1) is 8.87. The topological polar surface area (TPSA) is 21.3 Å². The Kier molecular flexibility index (Phi) is 4.21. The van der Waals surface area contributed by atoms with Gasteiger partial charge >= 0.3 is 0 Å². The third kappa shape index (κ3) is 3.74. The SMILES string of the molecule is CC(NC1CCOC(C)(C)C1)c1ccc(F)cc1F. The molecule has 0 radical (unpaired) electrons. The fourth-order valence-electron chi connectivity index (χ4n) is 2.67. The summed E-state index contributed by atoms with van der Waals surface area (Å²) in [5.41, 5.74) is 0.363. The van der Waals surface area contributed by atoms with Crippen LogP contribution in [0.5, 0.6) is 0 Å². The summed E-state index contributed by atoms with van der Waals surface area (Å²) in [7, 11) is 0. The van der Waals surface area contributed by atoms with Gasteiger partial charge in [-0.3, -0.25) is 0 Å². The molecule has 4 heteroatoms. The lowest BCUT2D eigenvalue weighted by Crippen LogP contribution is -2.44. The Hall–Kier alpha value is -1.00. The van der Waals surface area contributed by atoms with Crippen molar-refractivity contribution in [2.75, 3.05) is 6.61 Å². The molecule has 2 rings (SSSR count). The van der Waals surface area contributed by atoms with E-state index in [9.17, 15) is 8.78 Å². The van der Waals surface area contributed by atoms with Gasteiger partial charge in [0.1, 0.15) is 11.6 Å². The Morgan fingerprint density at radius 1 is 1.37 bits per heavy atom. The highest BCUT2D eigenvalue weighted by Crippen LogP contribution is 2.26. The molecule has 1 N–H and O–H groups in total.